The molecule has 2 rings (SSSR count). The Morgan fingerprint density at radius 2 is 2.14 bits per heavy atom. The normalized spacial score (nSPS) is 19.3. The summed E-state index contributed by atoms with van der Waals surface area (Å²) in [5, 5.41) is 0.596. The number of rotatable bonds is 3. The molecule has 1 aliphatic heterocycles. The molecule has 0 unspecified atom stereocenters. The van der Waals surface area contributed by atoms with Crippen LogP contribution in [0, 0.1) is 0 Å². The van der Waals surface area contributed by atoms with Crippen LogP contribution in [0.4, 0.5) is 5.69 Å². The third-order valence-electron chi connectivity index (χ3n) is 3.48. The lowest BCUT2D eigenvalue weighted by molar-refractivity contribution is -0.139. The lowest BCUT2D eigenvalue weighted by Crippen LogP contribution is -2.58. The van der Waals surface area contributed by atoms with Gasteiger partial charge in [0.1, 0.15) is 6.54 Å². The highest BCUT2D eigenvalue weighted by Crippen LogP contribution is 2.23. The molecule has 1 fully saturated rings. The summed E-state index contributed by atoms with van der Waals surface area (Å²) in [6.45, 7) is 2.87. The molecule has 1 atom stereocenters. The molecule has 21 heavy (non-hydrogen) atoms. The minimum absolute atomic E-state index is 0.0193. The van der Waals surface area contributed by atoms with Gasteiger partial charge in [-0.1, -0.05) is 17.7 Å². The maximum Gasteiger partial charge on any atom is 0.246 e. The zero-order valence-corrected chi connectivity index (χ0v) is 13.3. The van der Waals surface area contributed by atoms with Gasteiger partial charge in [0.2, 0.25) is 11.8 Å². The number of amides is 2. The predicted octanol–water partition coefficient (Wildman–Crippen LogP) is 1.47. The largest absolute Gasteiger partial charge is 0.328 e. The zero-order valence-electron chi connectivity index (χ0n) is 12.5. The number of likely N-dealkylation sites (N-methyl/N-ethyl adjacent to an activating group) is 1. The van der Waals surface area contributed by atoms with E-state index in [2.05, 4.69) is 0 Å². The molecule has 0 bridgehead atoms. The second-order valence-corrected chi connectivity index (χ2v) is 6.03. The maximum atomic E-state index is 12.3. The average Bonchev–Trinajstić information content (AvgIpc) is 2.40. The van der Waals surface area contributed by atoms with Gasteiger partial charge in [0.25, 0.3) is 0 Å². The second-order valence-electron chi connectivity index (χ2n) is 5.59. The van der Waals surface area contributed by atoms with E-state index in [1.807, 2.05) is 38.1 Å². The Bertz CT molecular complexity index is 547. The van der Waals surface area contributed by atoms with Crippen LogP contribution in [0.1, 0.15) is 6.92 Å². The summed E-state index contributed by atoms with van der Waals surface area (Å²) in [6, 6.07) is 7.20. The SMILES string of the molecule is C[C@@H]1CN(c2cccc(Cl)c2)C(=O)CN1C(=O)CN(C)C. The molecule has 0 saturated carbocycles. The molecule has 0 radical (unpaired) electrons. The molecule has 1 aliphatic rings. The first-order valence-electron chi connectivity index (χ1n) is 6.88. The first kappa shape index (κ1) is 15.8. The quantitative estimate of drug-likeness (QED) is 0.849. The molecule has 1 saturated heterocycles. The molecule has 0 N–H and O–H groups in total. The molecule has 6 heteroatoms. The van der Waals surface area contributed by atoms with E-state index < -0.39 is 0 Å². The van der Waals surface area contributed by atoms with E-state index in [0.717, 1.165) is 5.69 Å². The van der Waals surface area contributed by atoms with Crippen molar-refractivity contribution >= 4 is 29.1 Å². The summed E-state index contributed by atoms with van der Waals surface area (Å²) >= 11 is 5.98. The highest BCUT2D eigenvalue weighted by atomic mass is 35.5. The van der Waals surface area contributed by atoms with E-state index in [9.17, 15) is 9.59 Å². The van der Waals surface area contributed by atoms with E-state index in [1.54, 1.807) is 21.9 Å². The monoisotopic (exact) mass is 309 g/mol. The third kappa shape index (κ3) is 3.74. The maximum absolute atomic E-state index is 12.3. The Balaban J connectivity index is 2.12. The number of anilines is 1. The summed E-state index contributed by atoms with van der Waals surface area (Å²) in [6.07, 6.45) is 0. The Morgan fingerprint density at radius 3 is 2.76 bits per heavy atom. The highest BCUT2D eigenvalue weighted by molar-refractivity contribution is 6.30. The van der Waals surface area contributed by atoms with Crippen LogP contribution >= 0.6 is 11.6 Å². The van der Waals surface area contributed by atoms with Crippen molar-refractivity contribution in [3.63, 3.8) is 0 Å². The van der Waals surface area contributed by atoms with Crippen molar-refractivity contribution in [1.82, 2.24) is 9.80 Å². The molecule has 2 amide bonds. The fraction of sp³-hybridized carbons (Fsp3) is 0.467. The van der Waals surface area contributed by atoms with Crippen LogP contribution in [0.3, 0.4) is 0 Å². The Hall–Kier alpha value is -1.59. The van der Waals surface area contributed by atoms with Crippen molar-refractivity contribution in [2.45, 2.75) is 13.0 Å². The lowest BCUT2D eigenvalue weighted by atomic mass is 10.1. The molecule has 1 aromatic carbocycles. The van der Waals surface area contributed by atoms with E-state index in [0.29, 0.717) is 18.1 Å². The molecule has 0 spiro atoms. The van der Waals surface area contributed by atoms with Gasteiger partial charge in [-0.3, -0.25) is 9.59 Å². The van der Waals surface area contributed by atoms with Crippen molar-refractivity contribution in [1.29, 1.82) is 0 Å². The van der Waals surface area contributed by atoms with E-state index in [4.69, 9.17) is 11.6 Å². The first-order valence-corrected chi connectivity index (χ1v) is 7.26. The van der Waals surface area contributed by atoms with Gasteiger partial charge in [0, 0.05) is 23.3 Å². The van der Waals surface area contributed by atoms with Gasteiger partial charge in [0.15, 0.2) is 0 Å². The molecule has 0 aromatic heterocycles. The number of carbonyl (C=O) groups is 2. The van der Waals surface area contributed by atoms with Crippen LogP contribution < -0.4 is 4.90 Å². The average molecular weight is 310 g/mol. The Kier molecular flexibility index (Phi) is 4.85. The Morgan fingerprint density at radius 1 is 1.43 bits per heavy atom. The molecule has 114 valence electrons. The summed E-state index contributed by atoms with van der Waals surface area (Å²) in [5.41, 5.74) is 0.777. The molecule has 5 nitrogen and oxygen atoms in total. The minimum atomic E-state index is -0.0810. The number of halogens is 1. The molecular weight excluding hydrogens is 290 g/mol. The van der Waals surface area contributed by atoms with Gasteiger partial charge >= 0.3 is 0 Å². The lowest BCUT2D eigenvalue weighted by Gasteiger charge is -2.39. The number of nitrogens with zero attached hydrogens (tertiary/aromatic N) is 3. The number of carbonyl (C=O) groups excluding carboxylic acids is 2. The van der Waals surface area contributed by atoms with Crippen LogP contribution in [-0.4, -0.2) is 61.4 Å². The van der Waals surface area contributed by atoms with Crippen LogP contribution in [0.15, 0.2) is 24.3 Å². The van der Waals surface area contributed by atoms with E-state index >= 15 is 0 Å². The van der Waals surface area contributed by atoms with Crippen LogP contribution in [0.2, 0.25) is 5.02 Å². The summed E-state index contributed by atoms with van der Waals surface area (Å²) in [7, 11) is 3.68. The smallest absolute Gasteiger partial charge is 0.246 e. The Labute approximate surface area is 130 Å². The zero-order chi connectivity index (χ0) is 15.6. The first-order chi connectivity index (χ1) is 9.88. The van der Waals surface area contributed by atoms with E-state index in [-0.39, 0.29) is 24.4 Å². The molecule has 1 aromatic rings. The predicted molar refractivity (Wildman–Crippen MR) is 83.5 cm³/mol. The highest BCUT2D eigenvalue weighted by Gasteiger charge is 2.33. The van der Waals surface area contributed by atoms with Crippen molar-refractivity contribution in [2.24, 2.45) is 0 Å². The number of hydrogen-bond donors (Lipinski definition) is 0. The molecule has 1 heterocycles. The van der Waals surface area contributed by atoms with Crippen molar-refractivity contribution in [3.8, 4) is 0 Å². The number of piperazine rings is 1. The van der Waals surface area contributed by atoms with Crippen LogP contribution in [0.25, 0.3) is 0 Å². The third-order valence-corrected chi connectivity index (χ3v) is 3.71. The van der Waals surface area contributed by atoms with Gasteiger partial charge in [-0.25, -0.2) is 0 Å². The topological polar surface area (TPSA) is 43.9 Å². The fourth-order valence-electron chi connectivity index (χ4n) is 2.44. The van der Waals surface area contributed by atoms with Crippen LogP contribution in [0.5, 0.6) is 0 Å². The van der Waals surface area contributed by atoms with E-state index in [1.165, 1.54) is 0 Å². The van der Waals surface area contributed by atoms with Gasteiger partial charge in [-0.15, -0.1) is 0 Å². The molecular formula is C15H20ClN3O2. The van der Waals surface area contributed by atoms with Crippen molar-refractivity contribution in [3.05, 3.63) is 29.3 Å². The summed E-state index contributed by atoms with van der Waals surface area (Å²) in [4.78, 5) is 29.6. The number of benzene rings is 1. The fourth-order valence-corrected chi connectivity index (χ4v) is 2.62. The standard InChI is InChI=1S/C15H20ClN3O2/c1-11-8-19(13-6-4-5-12(16)7-13)15(21)10-18(11)14(20)9-17(2)3/h4-7,11H,8-10H2,1-3H3/t11-/m1/s1. The second kappa shape index (κ2) is 6.45. The summed E-state index contributed by atoms with van der Waals surface area (Å²) in [5.74, 6) is -0.103. The minimum Gasteiger partial charge on any atom is -0.328 e. The van der Waals surface area contributed by atoms with Gasteiger partial charge in [-0.2, -0.15) is 0 Å². The van der Waals surface area contributed by atoms with Gasteiger partial charge in [0.05, 0.1) is 6.54 Å². The van der Waals surface area contributed by atoms with Crippen LogP contribution in [-0.2, 0) is 9.59 Å². The van der Waals surface area contributed by atoms with Crippen molar-refractivity contribution < 1.29 is 9.59 Å². The number of hydrogen-bond acceptors (Lipinski definition) is 3. The summed E-state index contributed by atoms with van der Waals surface area (Å²) < 4.78 is 0. The van der Waals surface area contributed by atoms with Gasteiger partial charge < -0.3 is 14.7 Å². The van der Waals surface area contributed by atoms with Gasteiger partial charge in [-0.05, 0) is 39.2 Å². The van der Waals surface area contributed by atoms with Crippen molar-refractivity contribution in [2.75, 3.05) is 38.6 Å². The molecule has 0 aliphatic carbocycles.